The Labute approximate surface area is 221 Å². The highest BCUT2D eigenvalue weighted by Crippen LogP contribution is 2.36. The summed E-state index contributed by atoms with van der Waals surface area (Å²) in [5.41, 5.74) is 5.63. The van der Waals surface area contributed by atoms with Gasteiger partial charge >= 0.3 is 0 Å². The SMILES string of the molecule is CNC[C@@H](O)COc1ccc(Cl)c(-c2nc(/C(NC)=C(\C)C=N)c(C)c(N3Cc4cncnc4C3)n2)c1. The molecule has 4 rings (SSSR count). The minimum atomic E-state index is -0.648. The van der Waals surface area contributed by atoms with Crippen LogP contribution in [0.3, 0.4) is 0 Å². The molecule has 2 aromatic heterocycles. The van der Waals surface area contributed by atoms with Gasteiger partial charge in [-0.2, -0.15) is 0 Å². The predicted molar refractivity (Wildman–Crippen MR) is 145 cm³/mol. The van der Waals surface area contributed by atoms with Crippen LogP contribution in [-0.2, 0) is 13.1 Å². The van der Waals surface area contributed by atoms with Crippen molar-refractivity contribution < 1.29 is 9.84 Å². The number of halogens is 1. The quantitative estimate of drug-likeness (QED) is 0.296. The van der Waals surface area contributed by atoms with Crippen LogP contribution in [0.4, 0.5) is 5.82 Å². The maximum Gasteiger partial charge on any atom is 0.163 e. The lowest BCUT2D eigenvalue weighted by atomic mass is 10.1. The van der Waals surface area contributed by atoms with E-state index in [1.165, 1.54) is 6.21 Å². The van der Waals surface area contributed by atoms with Gasteiger partial charge in [0, 0.05) is 49.2 Å². The van der Waals surface area contributed by atoms with Crippen LogP contribution in [0.2, 0.25) is 5.02 Å². The maximum atomic E-state index is 10.0. The lowest BCUT2D eigenvalue weighted by Gasteiger charge is -2.23. The number of anilines is 1. The summed E-state index contributed by atoms with van der Waals surface area (Å²) in [7, 11) is 3.58. The summed E-state index contributed by atoms with van der Waals surface area (Å²) in [5, 5.41) is 24.4. The molecule has 0 radical (unpaired) electrons. The van der Waals surface area contributed by atoms with Gasteiger partial charge in [0.15, 0.2) is 5.82 Å². The van der Waals surface area contributed by atoms with Gasteiger partial charge in [-0.1, -0.05) is 11.6 Å². The topological polar surface area (TPSA) is 132 Å². The second-order valence-electron chi connectivity index (χ2n) is 8.81. The van der Waals surface area contributed by atoms with Crippen LogP contribution < -0.4 is 20.3 Å². The Hall–Kier alpha value is -3.60. The first-order valence-electron chi connectivity index (χ1n) is 11.9. The monoisotopic (exact) mass is 522 g/mol. The number of likely N-dealkylation sites (N-methyl/N-ethyl adjacent to an activating group) is 1. The molecule has 0 unspecified atom stereocenters. The third-order valence-electron chi connectivity index (χ3n) is 6.16. The highest BCUT2D eigenvalue weighted by molar-refractivity contribution is 6.33. The molecule has 0 bridgehead atoms. The van der Waals surface area contributed by atoms with Gasteiger partial charge in [0.2, 0.25) is 0 Å². The van der Waals surface area contributed by atoms with Crippen molar-refractivity contribution in [3.8, 4) is 17.1 Å². The molecule has 0 fully saturated rings. The maximum absolute atomic E-state index is 10.0. The fourth-order valence-electron chi connectivity index (χ4n) is 4.25. The van der Waals surface area contributed by atoms with Gasteiger partial charge in [-0.3, -0.25) is 0 Å². The first-order valence-corrected chi connectivity index (χ1v) is 12.3. The number of hydrogen-bond donors (Lipinski definition) is 4. The average Bonchev–Trinajstić information content (AvgIpc) is 3.33. The fourth-order valence-corrected chi connectivity index (χ4v) is 4.46. The summed E-state index contributed by atoms with van der Waals surface area (Å²) in [6.45, 7) is 5.60. The zero-order valence-electron chi connectivity index (χ0n) is 21.3. The molecular weight excluding hydrogens is 492 g/mol. The zero-order chi connectivity index (χ0) is 26.5. The van der Waals surface area contributed by atoms with E-state index in [1.54, 1.807) is 31.6 Å². The van der Waals surface area contributed by atoms with Crippen molar-refractivity contribution >= 4 is 29.3 Å². The first kappa shape index (κ1) is 26.5. The van der Waals surface area contributed by atoms with E-state index in [9.17, 15) is 5.11 Å². The van der Waals surface area contributed by atoms with E-state index in [2.05, 4.69) is 25.5 Å². The van der Waals surface area contributed by atoms with Gasteiger partial charge in [-0.25, -0.2) is 19.9 Å². The minimum absolute atomic E-state index is 0.130. The zero-order valence-corrected chi connectivity index (χ0v) is 22.1. The van der Waals surface area contributed by atoms with E-state index in [0.29, 0.717) is 47.5 Å². The molecule has 194 valence electrons. The van der Waals surface area contributed by atoms with Crippen LogP contribution >= 0.6 is 11.6 Å². The van der Waals surface area contributed by atoms with Crippen LogP contribution in [0.25, 0.3) is 17.1 Å². The summed E-state index contributed by atoms with van der Waals surface area (Å²) >= 11 is 6.63. The van der Waals surface area contributed by atoms with Gasteiger partial charge < -0.3 is 30.8 Å². The van der Waals surface area contributed by atoms with E-state index in [4.69, 9.17) is 31.7 Å². The largest absolute Gasteiger partial charge is 0.491 e. The Bertz CT molecular complexity index is 1300. The second-order valence-corrected chi connectivity index (χ2v) is 9.22. The van der Waals surface area contributed by atoms with Crippen molar-refractivity contribution in [1.29, 1.82) is 5.41 Å². The molecule has 0 amide bonds. The number of fused-ring (bicyclic) bond motifs is 1. The normalized spacial score (nSPS) is 14.2. The molecular formula is C26H31ClN8O2. The number of aromatic nitrogens is 4. The number of hydrogen-bond acceptors (Lipinski definition) is 10. The van der Waals surface area contributed by atoms with E-state index >= 15 is 0 Å². The molecule has 1 aliphatic rings. The number of benzene rings is 1. The number of aliphatic hydroxyl groups excluding tert-OH is 1. The summed E-state index contributed by atoms with van der Waals surface area (Å²) in [5.74, 6) is 1.72. The molecule has 1 aromatic carbocycles. The number of allylic oxidation sites excluding steroid dienone is 1. The standard InChI is InChI=1S/C26H31ClN8O2/c1-15(8-28)23(30-4)24-16(2)26(35-11-17-9-31-14-32-22(17)12-35)34-25(33-24)20-7-19(5-6-21(20)27)37-13-18(36)10-29-3/h5-9,14,18,28-30,36H,10-13H2,1-4H3/b23-15-,28-8?/t18-/m1/s1. The lowest BCUT2D eigenvalue weighted by molar-refractivity contribution is 0.108. The van der Waals surface area contributed by atoms with Crippen LogP contribution in [0.15, 0.2) is 36.3 Å². The van der Waals surface area contributed by atoms with Crippen molar-refractivity contribution in [2.75, 3.05) is 32.1 Å². The Morgan fingerprint density at radius 1 is 1.30 bits per heavy atom. The molecule has 3 heterocycles. The summed E-state index contributed by atoms with van der Waals surface area (Å²) in [4.78, 5) is 20.6. The molecule has 4 N–H and O–H groups in total. The molecule has 1 atom stereocenters. The summed E-state index contributed by atoms with van der Waals surface area (Å²) < 4.78 is 5.81. The van der Waals surface area contributed by atoms with Gasteiger partial charge in [-0.15, -0.1) is 0 Å². The minimum Gasteiger partial charge on any atom is -0.491 e. The second kappa shape index (κ2) is 11.6. The summed E-state index contributed by atoms with van der Waals surface area (Å²) in [6.07, 6.45) is 4.04. The molecule has 37 heavy (non-hydrogen) atoms. The number of nitrogens with zero attached hydrogens (tertiary/aromatic N) is 5. The van der Waals surface area contributed by atoms with E-state index in [1.807, 2.05) is 27.1 Å². The number of aliphatic hydroxyl groups is 1. The molecule has 1 aliphatic heterocycles. The predicted octanol–water partition coefficient (Wildman–Crippen LogP) is 2.97. The molecule has 0 saturated heterocycles. The van der Waals surface area contributed by atoms with E-state index < -0.39 is 6.10 Å². The van der Waals surface area contributed by atoms with Crippen LogP contribution in [-0.4, -0.2) is 64.6 Å². The van der Waals surface area contributed by atoms with E-state index in [0.717, 1.165) is 33.9 Å². The van der Waals surface area contributed by atoms with Gasteiger partial charge in [0.1, 0.15) is 30.6 Å². The molecule has 10 nitrogen and oxygen atoms in total. The molecule has 0 spiro atoms. The Morgan fingerprint density at radius 2 is 2.11 bits per heavy atom. The highest BCUT2D eigenvalue weighted by atomic mass is 35.5. The van der Waals surface area contributed by atoms with Gasteiger partial charge in [0.05, 0.1) is 28.7 Å². The van der Waals surface area contributed by atoms with Gasteiger partial charge in [0.25, 0.3) is 0 Å². The van der Waals surface area contributed by atoms with Crippen molar-refractivity contribution in [1.82, 2.24) is 30.6 Å². The first-order chi connectivity index (χ1) is 17.9. The Morgan fingerprint density at radius 3 is 2.81 bits per heavy atom. The number of rotatable bonds is 10. The van der Waals surface area contributed by atoms with Crippen molar-refractivity contribution in [3.05, 3.63) is 63.8 Å². The third-order valence-corrected chi connectivity index (χ3v) is 6.49. The Kier molecular flexibility index (Phi) is 8.32. The van der Waals surface area contributed by atoms with Crippen molar-refractivity contribution in [2.45, 2.75) is 33.0 Å². The summed E-state index contributed by atoms with van der Waals surface area (Å²) in [6, 6.07) is 5.27. The van der Waals surface area contributed by atoms with E-state index in [-0.39, 0.29) is 6.61 Å². The van der Waals surface area contributed by atoms with Crippen LogP contribution in [0.5, 0.6) is 5.75 Å². The number of ether oxygens (including phenoxy) is 1. The molecule has 0 aliphatic carbocycles. The molecule has 11 heteroatoms. The third kappa shape index (κ3) is 5.71. The number of nitrogens with one attached hydrogen (secondary N) is 3. The average molecular weight is 523 g/mol. The van der Waals surface area contributed by atoms with Crippen LogP contribution in [0, 0.1) is 12.3 Å². The van der Waals surface area contributed by atoms with Crippen molar-refractivity contribution in [3.63, 3.8) is 0 Å². The Balaban J connectivity index is 1.81. The lowest BCUT2D eigenvalue weighted by Crippen LogP contribution is -2.29. The highest BCUT2D eigenvalue weighted by Gasteiger charge is 2.26. The smallest absolute Gasteiger partial charge is 0.163 e. The molecule has 3 aromatic rings. The molecule has 0 saturated carbocycles. The fraction of sp³-hybridized carbons (Fsp3) is 0.346. The van der Waals surface area contributed by atoms with Gasteiger partial charge in [-0.05, 0) is 44.7 Å². The van der Waals surface area contributed by atoms with Crippen molar-refractivity contribution in [2.24, 2.45) is 0 Å². The van der Waals surface area contributed by atoms with Crippen LogP contribution in [0.1, 0.15) is 29.4 Å².